The van der Waals surface area contributed by atoms with Crippen molar-refractivity contribution in [2.45, 2.75) is 40.5 Å². The Morgan fingerprint density at radius 1 is 1.35 bits per heavy atom. The number of hydrogen-bond donors (Lipinski definition) is 2. The lowest BCUT2D eigenvalue weighted by Crippen LogP contribution is -2.33. The van der Waals surface area contributed by atoms with Gasteiger partial charge in [0.05, 0.1) is 10.6 Å². The Morgan fingerprint density at radius 3 is 2.55 bits per heavy atom. The fourth-order valence-corrected chi connectivity index (χ4v) is 2.04. The summed E-state index contributed by atoms with van der Waals surface area (Å²) in [4.78, 5) is 12.3. The Hall–Kier alpha value is -1.35. The van der Waals surface area contributed by atoms with E-state index in [4.69, 9.17) is 17.0 Å². The average Bonchev–Trinajstić information content (AvgIpc) is 2.35. The number of hydrogen-bond acceptors (Lipinski definition) is 2. The molecule has 0 aliphatic rings. The lowest BCUT2D eigenvalue weighted by molar-refractivity contribution is 0.0938. The highest BCUT2D eigenvalue weighted by atomic mass is 35.5. The molecule has 0 saturated carbocycles. The van der Waals surface area contributed by atoms with Crippen molar-refractivity contribution in [3.63, 3.8) is 0 Å². The van der Waals surface area contributed by atoms with Crippen LogP contribution in [0.2, 0.25) is 5.02 Å². The first-order chi connectivity index (χ1) is 9.24. The predicted octanol–water partition coefficient (Wildman–Crippen LogP) is 4.09. The van der Waals surface area contributed by atoms with Crippen molar-refractivity contribution < 1.29 is 4.79 Å². The van der Waals surface area contributed by atoms with E-state index < -0.39 is 0 Å². The molecule has 0 spiro atoms. The first-order valence-corrected chi connectivity index (χ1v) is 7.24. The van der Waals surface area contributed by atoms with Crippen molar-refractivity contribution in [3.8, 4) is 0 Å². The van der Waals surface area contributed by atoms with Crippen LogP contribution in [0.5, 0.6) is 0 Å². The van der Waals surface area contributed by atoms with Gasteiger partial charge in [-0.3, -0.25) is 4.79 Å². The zero-order valence-electron chi connectivity index (χ0n) is 12.6. The second-order valence-corrected chi connectivity index (χ2v) is 6.56. The van der Waals surface area contributed by atoms with E-state index in [0.29, 0.717) is 35.7 Å². The fourth-order valence-electron chi connectivity index (χ4n) is 1.76. The molecule has 0 atom stereocenters. The molecule has 0 fully saturated rings. The van der Waals surface area contributed by atoms with Crippen LogP contribution in [0.3, 0.4) is 0 Å². The quantitative estimate of drug-likeness (QED) is 0.790. The van der Waals surface area contributed by atoms with Crippen LogP contribution in [0, 0.1) is 10.8 Å². The zero-order valence-corrected chi connectivity index (χ0v) is 13.4. The summed E-state index contributed by atoms with van der Waals surface area (Å²) in [6.45, 7) is 8.71. The maximum Gasteiger partial charge on any atom is 0.253 e. The van der Waals surface area contributed by atoms with Gasteiger partial charge in [-0.2, -0.15) is 0 Å². The molecule has 0 aliphatic heterocycles. The molecule has 110 valence electrons. The van der Waals surface area contributed by atoms with Crippen LogP contribution in [0.25, 0.3) is 0 Å². The van der Waals surface area contributed by atoms with Crippen LogP contribution in [0.15, 0.2) is 18.2 Å². The third-order valence-corrected chi connectivity index (χ3v) is 3.25. The first kappa shape index (κ1) is 16.7. The summed E-state index contributed by atoms with van der Waals surface area (Å²) in [6, 6.07) is 5.40. The van der Waals surface area contributed by atoms with Gasteiger partial charge in [-0.25, -0.2) is 0 Å². The SMILES string of the molecule is CCC(=N)Cc1cccc(Cl)c1C(=O)NCC(C)(C)C. The summed E-state index contributed by atoms with van der Waals surface area (Å²) >= 11 is 6.17. The second kappa shape index (κ2) is 6.89. The molecule has 1 rings (SSSR count). The number of nitrogens with one attached hydrogen (secondary N) is 2. The van der Waals surface area contributed by atoms with E-state index in [1.807, 2.05) is 19.1 Å². The molecule has 0 unspecified atom stereocenters. The highest BCUT2D eigenvalue weighted by Crippen LogP contribution is 2.22. The smallest absolute Gasteiger partial charge is 0.253 e. The molecule has 1 amide bonds. The van der Waals surface area contributed by atoms with Gasteiger partial charge in [0.2, 0.25) is 0 Å². The molecule has 0 saturated heterocycles. The molecule has 0 aromatic heterocycles. The molecule has 0 aliphatic carbocycles. The van der Waals surface area contributed by atoms with Crippen molar-refractivity contribution in [1.29, 1.82) is 5.41 Å². The van der Waals surface area contributed by atoms with Crippen molar-refractivity contribution >= 4 is 23.2 Å². The predicted molar refractivity (Wildman–Crippen MR) is 85.0 cm³/mol. The van der Waals surface area contributed by atoms with Gasteiger partial charge in [0, 0.05) is 18.7 Å². The van der Waals surface area contributed by atoms with Crippen molar-refractivity contribution in [3.05, 3.63) is 34.3 Å². The number of rotatable bonds is 5. The highest BCUT2D eigenvalue weighted by molar-refractivity contribution is 6.34. The largest absolute Gasteiger partial charge is 0.351 e. The minimum atomic E-state index is -0.163. The van der Waals surface area contributed by atoms with E-state index in [-0.39, 0.29) is 11.3 Å². The van der Waals surface area contributed by atoms with Crippen LogP contribution >= 0.6 is 11.6 Å². The standard InChI is InChI=1S/C16H23ClN2O/c1-5-12(18)9-11-7-6-8-13(17)14(11)15(20)19-10-16(2,3)4/h6-8,18H,5,9-10H2,1-4H3,(H,19,20). The van der Waals surface area contributed by atoms with Gasteiger partial charge in [0.1, 0.15) is 0 Å². The summed E-state index contributed by atoms with van der Waals surface area (Å²) in [5.74, 6) is -0.163. The third-order valence-electron chi connectivity index (χ3n) is 2.94. The molecule has 2 N–H and O–H groups in total. The van der Waals surface area contributed by atoms with E-state index in [1.165, 1.54) is 0 Å². The number of benzene rings is 1. The first-order valence-electron chi connectivity index (χ1n) is 6.86. The Kier molecular flexibility index (Phi) is 5.75. The Balaban J connectivity index is 2.97. The van der Waals surface area contributed by atoms with Crippen LogP contribution in [-0.4, -0.2) is 18.2 Å². The molecule has 0 heterocycles. The van der Waals surface area contributed by atoms with Crippen LogP contribution in [0.4, 0.5) is 0 Å². The number of halogens is 1. The summed E-state index contributed by atoms with van der Waals surface area (Å²) in [5, 5.41) is 11.2. The van der Waals surface area contributed by atoms with E-state index in [1.54, 1.807) is 6.07 Å². The monoisotopic (exact) mass is 294 g/mol. The minimum absolute atomic E-state index is 0.0210. The van der Waals surface area contributed by atoms with Gasteiger partial charge in [0.25, 0.3) is 5.91 Å². The van der Waals surface area contributed by atoms with Gasteiger partial charge >= 0.3 is 0 Å². The lowest BCUT2D eigenvalue weighted by Gasteiger charge is -2.20. The van der Waals surface area contributed by atoms with E-state index >= 15 is 0 Å². The van der Waals surface area contributed by atoms with Gasteiger partial charge in [-0.1, -0.05) is 51.4 Å². The molecular formula is C16H23ClN2O. The molecule has 4 heteroatoms. The maximum absolute atomic E-state index is 12.3. The second-order valence-electron chi connectivity index (χ2n) is 6.15. The molecule has 1 aromatic rings. The maximum atomic E-state index is 12.3. The molecule has 1 aromatic carbocycles. The molecular weight excluding hydrogens is 272 g/mol. The molecule has 3 nitrogen and oxygen atoms in total. The van der Waals surface area contributed by atoms with E-state index in [0.717, 1.165) is 5.56 Å². The Bertz CT molecular complexity index is 504. The topological polar surface area (TPSA) is 53.0 Å². The fraction of sp³-hybridized carbons (Fsp3) is 0.500. The Morgan fingerprint density at radius 2 is 2.00 bits per heavy atom. The number of carbonyl (C=O) groups excluding carboxylic acids is 1. The average molecular weight is 295 g/mol. The zero-order chi connectivity index (χ0) is 15.3. The van der Waals surface area contributed by atoms with Crippen molar-refractivity contribution in [1.82, 2.24) is 5.32 Å². The van der Waals surface area contributed by atoms with E-state index in [9.17, 15) is 4.79 Å². The van der Waals surface area contributed by atoms with Gasteiger partial charge in [0.15, 0.2) is 0 Å². The summed E-state index contributed by atoms with van der Waals surface area (Å²) in [7, 11) is 0. The van der Waals surface area contributed by atoms with Crippen molar-refractivity contribution in [2.24, 2.45) is 5.41 Å². The summed E-state index contributed by atoms with van der Waals surface area (Å²) in [5.41, 5.74) is 1.93. The number of amides is 1. The van der Waals surface area contributed by atoms with Crippen LogP contribution < -0.4 is 5.32 Å². The van der Waals surface area contributed by atoms with Crippen LogP contribution in [-0.2, 0) is 6.42 Å². The number of carbonyl (C=O) groups is 1. The third kappa shape index (κ3) is 4.97. The minimum Gasteiger partial charge on any atom is -0.351 e. The lowest BCUT2D eigenvalue weighted by atomic mass is 9.96. The van der Waals surface area contributed by atoms with Gasteiger partial charge < -0.3 is 10.7 Å². The molecule has 20 heavy (non-hydrogen) atoms. The van der Waals surface area contributed by atoms with Gasteiger partial charge in [-0.15, -0.1) is 0 Å². The van der Waals surface area contributed by atoms with Crippen LogP contribution in [0.1, 0.15) is 50.0 Å². The molecule has 0 bridgehead atoms. The van der Waals surface area contributed by atoms with E-state index in [2.05, 4.69) is 26.1 Å². The van der Waals surface area contributed by atoms with Crippen molar-refractivity contribution in [2.75, 3.05) is 6.54 Å². The normalized spacial score (nSPS) is 11.2. The summed E-state index contributed by atoms with van der Waals surface area (Å²) < 4.78 is 0. The van der Waals surface area contributed by atoms with Gasteiger partial charge in [-0.05, 0) is 23.5 Å². The highest BCUT2D eigenvalue weighted by Gasteiger charge is 2.18. The Labute approximate surface area is 126 Å². The molecule has 0 radical (unpaired) electrons. The summed E-state index contributed by atoms with van der Waals surface area (Å²) in [6.07, 6.45) is 1.14.